The van der Waals surface area contributed by atoms with Crippen molar-refractivity contribution in [1.29, 1.82) is 0 Å². The predicted octanol–water partition coefficient (Wildman–Crippen LogP) is 2.68. The van der Waals surface area contributed by atoms with Gasteiger partial charge in [0.1, 0.15) is 5.70 Å². The van der Waals surface area contributed by atoms with Gasteiger partial charge in [-0.05, 0) is 42.3 Å². The Morgan fingerprint density at radius 1 is 1.15 bits per heavy atom. The maximum atomic E-state index is 12.4. The zero-order chi connectivity index (χ0) is 18.9. The highest BCUT2D eigenvalue weighted by atomic mass is 35.5. The highest BCUT2D eigenvalue weighted by Gasteiger charge is 2.16. The lowest BCUT2D eigenvalue weighted by molar-refractivity contribution is -0.137. The van der Waals surface area contributed by atoms with Crippen LogP contribution in [0.1, 0.15) is 29.0 Å². The number of carbonyl (C=O) groups is 3. The van der Waals surface area contributed by atoms with Crippen molar-refractivity contribution in [2.24, 2.45) is 0 Å². The smallest absolute Gasteiger partial charge is 0.303 e. The Kier molecular flexibility index (Phi) is 6.99. The van der Waals surface area contributed by atoms with Crippen molar-refractivity contribution < 1.29 is 23.9 Å². The minimum atomic E-state index is -0.942. The number of furan rings is 1. The van der Waals surface area contributed by atoms with Gasteiger partial charge in [0.15, 0.2) is 5.76 Å². The maximum absolute atomic E-state index is 12.4. The first kappa shape index (κ1) is 19.3. The van der Waals surface area contributed by atoms with E-state index in [1.54, 1.807) is 30.3 Å². The zero-order valence-electron chi connectivity index (χ0n) is 13.7. The largest absolute Gasteiger partial charge is 0.481 e. The summed E-state index contributed by atoms with van der Waals surface area (Å²) < 4.78 is 5.01. The van der Waals surface area contributed by atoms with Gasteiger partial charge in [-0.1, -0.05) is 23.7 Å². The molecule has 0 saturated heterocycles. The Labute approximate surface area is 154 Å². The molecular formula is C18H17ClN2O5. The lowest BCUT2D eigenvalue weighted by Gasteiger charge is -2.10. The summed E-state index contributed by atoms with van der Waals surface area (Å²) in [4.78, 5) is 35.0. The summed E-state index contributed by atoms with van der Waals surface area (Å²) in [5.41, 5.74) is 0.661. The second-order valence-corrected chi connectivity index (χ2v) is 5.73. The summed E-state index contributed by atoms with van der Waals surface area (Å²) in [7, 11) is 0. The quantitative estimate of drug-likeness (QED) is 0.485. The number of hydrogen-bond donors (Lipinski definition) is 3. The number of nitrogens with one attached hydrogen (secondary N) is 2. The molecule has 3 N–H and O–H groups in total. The van der Waals surface area contributed by atoms with Gasteiger partial charge in [0.2, 0.25) is 0 Å². The van der Waals surface area contributed by atoms with Gasteiger partial charge in [0.05, 0.1) is 6.26 Å². The first-order valence-corrected chi connectivity index (χ1v) is 8.15. The highest BCUT2D eigenvalue weighted by Crippen LogP contribution is 2.12. The van der Waals surface area contributed by atoms with Crippen LogP contribution in [0.15, 0.2) is 52.8 Å². The zero-order valence-corrected chi connectivity index (χ0v) is 14.5. The van der Waals surface area contributed by atoms with Crippen molar-refractivity contribution in [2.45, 2.75) is 12.8 Å². The van der Waals surface area contributed by atoms with Crippen LogP contribution >= 0.6 is 11.6 Å². The Balaban J connectivity index is 2.12. The summed E-state index contributed by atoms with van der Waals surface area (Å²) in [6, 6.07) is 9.73. The van der Waals surface area contributed by atoms with Gasteiger partial charge in [-0.2, -0.15) is 0 Å². The normalized spacial score (nSPS) is 11.0. The molecule has 0 radical (unpaired) electrons. The van der Waals surface area contributed by atoms with Crippen LogP contribution in [-0.4, -0.2) is 29.4 Å². The monoisotopic (exact) mass is 376 g/mol. The molecule has 0 aliphatic rings. The molecule has 0 aliphatic heterocycles. The molecule has 7 nitrogen and oxygen atoms in total. The van der Waals surface area contributed by atoms with Crippen LogP contribution in [0.4, 0.5) is 0 Å². The average molecular weight is 377 g/mol. The van der Waals surface area contributed by atoms with Crippen LogP contribution in [0.3, 0.4) is 0 Å². The molecule has 1 aromatic carbocycles. The van der Waals surface area contributed by atoms with Gasteiger partial charge in [-0.25, -0.2) is 0 Å². The predicted molar refractivity (Wildman–Crippen MR) is 95.5 cm³/mol. The molecule has 0 fully saturated rings. The van der Waals surface area contributed by atoms with Gasteiger partial charge >= 0.3 is 5.97 Å². The molecule has 0 saturated carbocycles. The number of carboxylic acid groups (broad SMARTS) is 1. The van der Waals surface area contributed by atoms with Gasteiger partial charge in [0, 0.05) is 18.0 Å². The van der Waals surface area contributed by atoms with Crippen molar-refractivity contribution in [1.82, 2.24) is 10.6 Å². The molecule has 2 amide bonds. The molecule has 26 heavy (non-hydrogen) atoms. The molecule has 0 bridgehead atoms. The first-order valence-electron chi connectivity index (χ1n) is 7.78. The molecule has 8 heteroatoms. The van der Waals surface area contributed by atoms with E-state index < -0.39 is 17.8 Å². The number of aliphatic carboxylic acids is 1. The Morgan fingerprint density at radius 3 is 2.50 bits per heavy atom. The Hall–Kier alpha value is -3.06. The molecule has 136 valence electrons. The fourth-order valence-corrected chi connectivity index (χ4v) is 2.14. The molecule has 0 spiro atoms. The van der Waals surface area contributed by atoms with Crippen molar-refractivity contribution in [3.05, 3.63) is 64.7 Å². The number of rotatable bonds is 8. The number of halogens is 1. The lowest BCUT2D eigenvalue weighted by atomic mass is 10.2. The van der Waals surface area contributed by atoms with E-state index in [1.165, 1.54) is 18.4 Å². The third-order valence-corrected chi connectivity index (χ3v) is 3.52. The van der Waals surface area contributed by atoms with Gasteiger partial charge < -0.3 is 20.2 Å². The van der Waals surface area contributed by atoms with Crippen LogP contribution in [0, 0.1) is 0 Å². The van der Waals surface area contributed by atoms with E-state index in [-0.39, 0.29) is 30.8 Å². The maximum Gasteiger partial charge on any atom is 0.303 e. The summed E-state index contributed by atoms with van der Waals surface area (Å²) in [5, 5.41) is 14.2. The van der Waals surface area contributed by atoms with Crippen molar-refractivity contribution in [3.63, 3.8) is 0 Å². The van der Waals surface area contributed by atoms with E-state index in [2.05, 4.69) is 10.6 Å². The Bertz CT molecular complexity index is 797. The first-order chi connectivity index (χ1) is 12.5. The minimum Gasteiger partial charge on any atom is -0.481 e. The van der Waals surface area contributed by atoms with Crippen molar-refractivity contribution in [3.8, 4) is 0 Å². The summed E-state index contributed by atoms with van der Waals surface area (Å²) >= 11 is 5.84. The van der Waals surface area contributed by atoms with Gasteiger partial charge in [-0.15, -0.1) is 0 Å². The third kappa shape index (κ3) is 6.10. The summed E-state index contributed by atoms with van der Waals surface area (Å²) in [6.07, 6.45) is 3.06. The van der Waals surface area contributed by atoms with E-state index in [1.807, 2.05) is 0 Å². The topological polar surface area (TPSA) is 109 Å². The standard InChI is InChI=1S/C18H17ClN2O5/c19-13-7-5-12(6-8-13)11-14(17(24)20-9-1-4-16(22)23)21-18(25)15-3-2-10-26-15/h2-3,5-8,10-11H,1,4,9H2,(H,20,24)(H,21,25)(H,22,23)/b14-11-. The summed E-state index contributed by atoms with van der Waals surface area (Å²) in [6.45, 7) is 0.166. The molecule has 2 rings (SSSR count). The SMILES string of the molecule is O=C(O)CCCNC(=O)/C(=C/c1ccc(Cl)cc1)NC(=O)c1ccco1. The average Bonchev–Trinajstić information content (AvgIpc) is 3.14. The second kappa shape index (κ2) is 9.43. The molecule has 1 heterocycles. The van der Waals surface area contributed by atoms with Crippen LogP contribution in [0.25, 0.3) is 6.08 Å². The second-order valence-electron chi connectivity index (χ2n) is 5.29. The van der Waals surface area contributed by atoms with Crippen LogP contribution in [0.5, 0.6) is 0 Å². The fraction of sp³-hybridized carbons (Fsp3) is 0.167. The van der Waals surface area contributed by atoms with Crippen LogP contribution in [-0.2, 0) is 9.59 Å². The van der Waals surface area contributed by atoms with E-state index in [0.717, 1.165) is 0 Å². The van der Waals surface area contributed by atoms with E-state index >= 15 is 0 Å². The summed E-state index contributed by atoms with van der Waals surface area (Å²) in [5.74, 6) is -1.99. The van der Waals surface area contributed by atoms with Crippen LogP contribution in [0.2, 0.25) is 5.02 Å². The lowest BCUT2D eigenvalue weighted by Crippen LogP contribution is -2.35. The number of carboxylic acids is 1. The number of benzene rings is 1. The van der Waals surface area contributed by atoms with Crippen molar-refractivity contribution in [2.75, 3.05) is 6.54 Å². The highest BCUT2D eigenvalue weighted by molar-refractivity contribution is 6.30. The van der Waals surface area contributed by atoms with E-state index in [0.29, 0.717) is 10.6 Å². The fourth-order valence-electron chi connectivity index (χ4n) is 2.01. The van der Waals surface area contributed by atoms with Gasteiger partial charge in [0.25, 0.3) is 11.8 Å². The minimum absolute atomic E-state index is 0.00375. The third-order valence-electron chi connectivity index (χ3n) is 3.27. The van der Waals surface area contributed by atoms with E-state index in [9.17, 15) is 14.4 Å². The molecule has 0 aliphatic carbocycles. The van der Waals surface area contributed by atoms with Crippen molar-refractivity contribution >= 4 is 35.5 Å². The number of carbonyl (C=O) groups excluding carboxylic acids is 2. The number of hydrogen-bond acceptors (Lipinski definition) is 4. The molecule has 2 aromatic rings. The van der Waals surface area contributed by atoms with Crippen LogP contribution < -0.4 is 10.6 Å². The van der Waals surface area contributed by atoms with Gasteiger partial charge in [-0.3, -0.25) is 14.4 Å². The van der Waals surface area contributed by atoms with E-state index in [4.69, 9.17) is 21.1 Å². The molecule has 1 aromatic heterocycles. The molecular weight excluding hydrogens is 360 g/mol. The molecule has 0 atom stereocenters. The number of amides is 2. The Morgan fingerprint density at radius 2 is 1.88 bits per heavy atom. The molecule has 0 unspecified atom stereocenters.